The Balaban J connectivity index is 2.80. The highest BCUT2D eigenvalue weighted by Gasteiger charge is 2.08. The van der Waals surface area contributed by atoms with Crippen LogP contribution in [0.25, 0.3) is 0 Å². The summed E-state index contributed by atoms with van der Waals surface area (Å²) in [7, 11) is 0. The number of hydrogen-bond acceptors (Lipinski definition) is 2. The van der Waals surface area contributed by atoms with E-state index in [9.17, 15) is 9.18 Å². The lowest BCUT2D eigenvalue weighted by Crippen LogP contribution is -2.05. The zero-order valence-electron chi connectivity index (χ0n) is 7.30. The summed E-state index contributed by atoms with van der Waals surface area (Å²) in [5, 5.41) is 0. The van der Waals surface area contributed by atoms with Crippen molar-refractivity contribution in [2.75, 3.05) is 6.61 Å². The Morgan fingerprint density at radius 1 is 1.64 bits per heavy atom. The normalized spacial score (nSPS) is 9.57. The lowest BCUT2D eigenvalue weighted by Gasteiger charge is -2.02. The molecule has 0 aliphatic heterocycles. The van der Waals surface area contributed by atoms with Gasteiger partial charge in [0.05, 0.1) is 10.0 Å². The van der Waals surface area contributed by atoms with Gasteiger partial charge in [0.2, 0.25) is 0 Å². The first-order chi connectivity index (χ1) is 6.65. The first-order valence-corrected chi connectivity index (χ1v) is 4.67. The Labute approximate surface area is 89.5 Å². The molecule has 4 heteroatoms. The molecule has 0 N–H and O–H groups in total. The van der Waals surface area contributed by atoms with Crippen LogP contribution in [0.4, 0.5) is 4.39 Å². The molecule has 0 radical (unpaired) electrons. The van der Waals surface area contributed by atoms with Gasteiger partial charge in [-0.3, -0.25) is 0 Å². The van der Waals surface area contributed by atoms with Crippen molar-refractivity contribution in [3.8, 4) is 0 Å². The SMILES string of the molecule is C=CCOC(=O)c1ccc(F)c(Br)c1. The largest absolute Gasteiger partial charge is 0.458 e. The minimum Gasteiger partial charge on any atom is -0.458 e. The van der Waals surface area contributed by atoms with Crippen LogP contribution in [0.3, 0.4) is 0 Å². The molecule has 14 heavy (non-hydrogen) atoms. The van der Waals surface area contributed by atoms with Crippen LogP contribution in [0.1, 0.15) is 10.4 Å². The van der Waals surface area contributed by atoms with Gasteiger partial charge in [-0.2, -0.15) is 0 Å². The van der Waals surface area contributed by atoms with Crippen LogP contribution >= 0.6 is 15.9 Å². The predicted octanol–water partition coefficient (Wildman–Crippen LogP) is 2.93. The number of halogens is 2. The van der Waals surface area contributed by atoms with Crippen molar-refractivity contribution in [3.63, 3.8) is 0 Å². The molecule has 0 aliphatic rings. The van der Waals surface area contributed by atoms with Gasteiger partial charge in [-0.25, -0.2) is 9.18 Å². The molecule has 0 bridgehead atoms. The first kappa shape index (κ1) is 10.9. The summed E-state index contributed by atoms with van der Waals surface area (Å²) in [5.74, 6) is -0.907. The molecule has 0 amide bonds. The molecule has 0 heterocycles. The maximum Gasteiger partial charge on any atom is 0.338 e. The maximum absolute atomic E-state index is 12.8. The summed E-state index contributed by atoms with van der Waals surface area (Å²) in [5.41, 5.74) is 0.306. The second-order valence-corrected chi connectivity index (χ2v) is 3.37. The van der Waals surface area contributed by atoms with Crippen LogP contribution < -0.4 is 0 Å². The van der Waals surface area contributed by atoms with E-state index in [1.807, 2.05) is 0 Å². The summed E-state index contributed by atoms with van der Waals surface area (Å²) in [6.45, 7) is 3.56. The lowest BCUT2D eigenvalue weighted by molar-refractivity contribution is 0.0549. The highest BCUT2D eigenvalue weighted by Crippen LogP contribution is 2.17. The van der Waals surface area contributed by atoms with E-state index in [2.05, 4.69) is 22.5 Å². The zero-order valence-corrected chi connectivity index (χ0v) is 8.88. The Hall–Kier alpha value is -1.16. The van der Waals surface area contributed by atoms with Crippen molar-refractivity contribution < 1.29 is 13.9 Å². The zero-order chi connectivity index (χ0) is 10.6. The molecule has 0 atom stereocenters. The molecule has 1 aromatic carbocycles. The van der Waals surface area contributed by atoms with Gasteiger partial charge >= 0.3 is 5.97 Å². The summed E-state index contributed by atoms with van der Waals surface area (Å²) in [6, 6.07) is 3.95. The van der Waals surface area contributed by atoms with Crippen molar-refractivity contribution in [2.45, 2.75) is 0 Å². The van der Waals surface area contributed by atoms with E-state index in [1.165, 1.54) is 24.3 Å². The maximum atomic E-state index is 12.8. The van der Waals surface area contributed by atoms with E-state index in [0.717, 1.165) is 0 Å². The summed E-state index contributed by atoms with van der Waals surface area (Å²) in [4.78, 5) is 11.3. The van der Waals surface area contributed by atoms with Crippen LogP contribution in [-0.4, -0.2) is 12.6 Å². The van der Waals surface area contributed by atoms with Crippen molar-refractivity contribution in [1.29, 1.82) is 0 Å². The number of carbonyl (C=O) groups excluding carboxylic acids is 1. The standard InChI is InChI=1S/C10H8BrFO2/c1-2-5-14-10(13)7-3-4-9(12)8(11)6-7/h2-4,6H,1,5H2. The fourth-order valence-electron chi connectivity index (χ4n) is 0.841. The third-order valence-corrected chi connectivity index (χ3v) is 2.10. The van der Waals surface area contributed by atoms with E-state index in [-0.39, 0.29) is 11.1 Å². The molecule has 0 spiro atoms. The van der Waals surface area contributed by atoms with Gasteiger partial charge in [0.15, 0.2) is 0 Å². The molecule has 0 saturated carbocycles. The molecular weight excluding hydrogens is 251 g/mol. The molecule has 0 saturated heterocycles. The summed E-state index contributed by atoms with van der Waals surface area (Å²) in [6.07, 6.45) is 1.47. The van der Waals surface area contributed by atoms with Crippen molar-refractivity contribution >= 4 is 21.9 Å². The highest BCUT2D eigenvalue weighted by atomic mass is 79.9. The van der Waals surface area contributed by atoms with Gasteiger partial charge in [0, 0.05) is 0 Å². The van der Waals surface area contributed by atoms with Crippen LogP contribution in [-0.2, 0) is 4.74 Å². The van der Waals surface area contributed by atoms with E-state index in [0.29, 0.717) is 5.56 Å². The molecular formula is C10H8BrFO2. The summed E-state index contributed by atoms with van der Waals surface area (Å²) < 4.78 is 17.8. The van der Waals surface area contributed by atoms with Crippen LogP contribution in [0.2, 0.25) is 0 Å². The number of hydrogen-bond donors (Lipinski definition) is 0. The Kier molecular flexibility index (Phi) is 3.83. The lowest BCUT2D eigenvalue weighted by atomic mass is 10.2. The number of benzene rings is 1. The molecule has 0 fully saturated rings. The van der Waals surface area contributed by atoms with Crippen LogP contribution in [0.15, 0.2) is 35.3 Å². The van der Waals surface area contributed by atoms with E-state index < -0.39 is 11.8 Å². The Bertz CT molecular complexity index is 363. The minimum absolute atomic E-state index is 0.147. The van der Waals surface area contributed by atoms with Crippen molar-refractivity contribution in [1.82, 2.24) is 0 Å². The van der Waals surface area contributed by atoms with E-state index >= 15 is 0 Å². The van der Waals surface area contributed by atoms with Crippen LogP contribution in [0, 0.1) is 5.82 Å². The van der Waals surface area contributed by atoms with Gasteiger partial charge in [-0.15, -0.1) is 0 Å². The predicted molar refractivity (Wildman–Crippen MR) is 54.6 cm³/mol. The fraction of sp³-hybridized carbons (Fsp3) is 0.100. The third-order valence-electron chi connectivity index (χ3n) is 1.49. The van der Waals surface area contributed by atoms with Crippen LogP contribution in [0.5, 0.6) is 0 Å². The van der Waals surface area contributed by atoms with E-state index in [4.69, 9.17) is 4.74 Å². The van der Waals surface area contributed by atoms with Gasteiger partial charge in [0.1, 0.15) is 12.4 Å². The van der Waals surface area contributed by atoms with Gasteiger partial charge < -0.3 is 4.74 Å². The van der Waals surface area contributed by atoms with Crippen molar-refractivity contribution in [2.24, 2.45) is 0 Å². The number of carbonyl (C=O) groups is 1. The average molecular weight is 259 g/mol. The van der Waals surface area contributed by atoms with E-state index in [1.54, 1.807) is 0 Å². The Morgan fingerprint density at radius 2 is 2.36 bits per heavy atom. The first-order valence-electron chi connectivity index (χ1n) is 3.88. The third kappa shape index (κ3) is 2.67. The number of rotatable bonds is 3. The number of ether oxygens (including phenoxy) is 1. The molecule has 0 unspecified atom stereocenters. The Morgan fingerprint density at radius 3 is 2.93 bits per heavy atom. The molecule has 1 rings (SSSR count). The average Bonchev–Trinajstić information content (AvgIpc) is 2.18. The monoisotopic (exact) mass is 258 g/mol. The fourth-order valence-corrected chi connectivity index (χ4v) is 1.22. The highest BCUT2D eigenvalue weighted by molar-refractivity contribution is 9.10. The molecule has 2 nitrogen and oxygen atoms in total. The van der Waals surface area contributed by atoms with Gasteiger partial charge in [0.25, 0.3) is 0 Å². The van der Waals surface area contributed by atoms with Gasteiger partial charge in [-0.05, 0) is 34.1 Å². The van der Waals surface area contributed by atoms with Crippen molar-refractivity contribution in [3.05, 3.63) is 46.7 Å². The molecule has 0 aliphatic carbocycles. The second-order valence-electron chi connectivity index (χ2n) is 2.52. The molecule has 1 aromatic rings. The smallest absolute Gasteiger partial charge is 0.338 e. The van der Waals surface area contributed by atoms with Gasteiger partial charge in [-0.1, -0.05) is 12.7 Å². The summed E-state index contributed by atoms with van der Waals surface area (Å²) >= 11 is 2.98. The quantitative estimate of drug-likeness (QED) is 0.616. The minimum atomic E-state index is -0.495. The second kappa shape index (κ2) is 4.91. The number of esters is 1. The topological polar surface area (TPSA) is 26.3 Å². The molecule has 74 valence electrons. The molecule has 0 aromatic heterocycles.